The molecule has 3 heterocycles. The molecule has 0 N–H and O–H groups in total. The van der Waals surface area contributed by atoms with Crippen LogP contribution in [0.25, 0.3) is 5.78 Å². The molecule has 0 saturated carbocycles. The molecule has 3 aromatic rings. The Kier molecular flexibility index (Phi) is 6.10. The monoisotopic (exact) mass is 496 g/mol. The third-order valence-electron chi connectivity index (χ3n) is 5.88. The molecule has 9 nitrogen and oxygen atoms in total. The van der Waals surface area contributed by atoms with Gasteiger partial charge in [0.15, 0.2) is 0 Å². The van der Waals surface area contributed by atoms with E-state index in [9.17, 15) is 26.4 Å². The average molecular weight is 497 g/mol. The molecule has 34 heavy (non-hydrogen) atoms. The molecule has 2 aromatic heterocycles. The number of sulfonamides is 1. The molecule has 1 saturated heterocycles. The third-order valence-corrected chi connectivity index (χ3v) is 7.79. The maximum atomic E-state index is 13.0. The Labute approximate surface area is 194 Å². The minimum atomic E-state index is -4.71. The second-order valence-corrected chi connectivity index (χ2v) is 10.1. The third kappa shape index (κ3) is 4.49. The van der Waals surface area contributed by atoms with Gasteiger partial charge in [0.2, 0.25) is 15.9 Å². The molecular weight excluding hydrogens is 473 g/mol. The largest absolute Gasteiger partial charge is 0.453 e. The molecule has 1 amide bonds. The van der Waals surface area contributed by atoms with E-state index >= 15 is 0 Å². The van der Waals surface area contributed by atoms with Crippen molar-refractivity contribution in [3.05, 3.63) is 52.6 Å². The predicted octanol–water partition coefficient (Wildman–Crippen LogP) is 2.14. The first-order chi connectivity index (χ1) is 15.9. The first kappa shape index (κ1) is 24.1. The fourth-order valence-corrected chi connectivity index (χ4v) is 5.31. The van der Waals surface area contributed by atoms with Crippen molar-refractivity contribution in [3.8, 4) is 0 Å². The topological polar surface area (TPSA) is 101 Å². The summed E-state index contributed by atoms with van der Waals surface area (Å²) in [4.78, 5) is 22.2. The standard InChI is InChI=1S/C21H23F3N6O3S/c1-13-4-6-16(7-5-13)34(32,33)29-10-8-28(9-11-29)18(31)12-17-14(2)25-20-26-19(21(22,23)24)27-30(20)15(17)3/h4-7H,8-12H2,1-3H3. The lowest BCUT2D eigenvalue weighted by molar-refractivity contribution is -0.144. The maximum Gasteiger partial charge on any atom is 0.453 e. The zero-order valence-corrected chi connectivity index (χ0v) is 19.6. The van der Waals surface area contributed by atoms with Gasteiger partial charge in [-0.3, -0.25) is 4.79 Å². The Morgan fingerprint density at radius 2 is 1.62 bits per heavy atom. The Balaban J connectivity index is 1.47. The number of alkyl halides is 3. The minimum absolute atomic E-state index is 0.0907. The number of carbonyl (C=O) groups excluding carboxylic acids is 1. The second-order valence-electron chi connectivity index (χ2n) is 8.18. The molecule has 13 heteroatoms. The SMILES string of the molecule is Cc1ccc(S(=O)(=O)N2CCN(C(=O)Cc3c(C)nc4nc(C(F)(F)F)nn4c3C)CC2)cc1. The summed E-state index contributed by atoms with van der Waals surface area (Å²) in [6.07, 6.45) is -4.80. The highest BCUT2D eigenvalue weighted by atomic mass is 32.2. The van der Waals surface area contributed by atoms with Crippen LogP contribution >= 0.6 is 0 Å². The number of amides is 1. The molecule has 182 valence electrons. The van der Waals surface area contributed by atoms with E-state index in [0.29, 0.717) is 17.0 Å². The fourth-order valence-electron chi connectivity index (χ4n) is 3.88. The molecule has 0 aliphatic carbocycles. The van der Waals surface area contributed by atoms with Gasteiger partial charge in [-0.15, -0.1) is 5.10 Å². The van der Waals surface area contributed by atoms with E-state index < -0.39 is 22.0 Å². The fraction of sp³-hybridized carbons (Fsp3) is 0.429. The van der Waals surface area contributed by atoms with E-state index in [2.05, 4.69) is 15.1 Å². The number of fused-ring (bicyclic) bond motifs is 1. The van der Waals surface area contributed by atoms with Gasteiger partial charge < -0.3 is 4.90 Å². The minimum Gasteiger partial charge on any atom is -0.340 e. The lowest BCUT2D eigenvalue weighted by Crippen LogP contribution is -2.50. The quantitative estimate of drug-likeness (QED) is 0.549. The van der Waals surface area contributed by atoms with Gasteiger partial charge in [-0.05, 0) is 32.9 Å². The van der Waals surface area contributed by atoms with E-state index in [0.717, 1.165) is 10.1 Å². The number of benzene rings is 1. The smallest absolute Gasteiger partial charge is 0.340 e. The van der Waals surface area contributed by atoms with Crippen LogP contribution in [0.15, 0.2) is 29.2 Å². The van der Waals surface area contributed by atoms with Crippen LogP contribution in [0.2, 0.25) is 0 Å². The van der Waals surface area contributed by atoms with Crippen LogP contribution in [0, 0.1) is 20.8 Å². The molecule has 1 aromatic carbocycles. The number of piperazine rings is 1. The van der Waals surface area contributed by atoms with E-state index in [4.69, 9.17) is 0 Å². The summed E-state index contributed by atoms with van der Waals surface area (Å²) in [6.45, 7) is 5.74. The number of aromatic nitrogens is 4. The molecular formula is C21H23F3N6O3S. The highest BCUT2D eigenvalue weighted by molar-refractivity contribution is 7.89. The molecule has 1 aliphatic heterocycles. The van der Waals surface area contributed by atoms with Gasteiger partial charge in [0, 0.05) is 43.1 Å². The van der Waals surface area contributed by atoms with Crippen molar-refractivity contribution in [3.63, 3.8) is 0 Å². The summed E-state index contributed by atoms with van der Waals surface area (Å²) in [5.74, 6) is -1.75. The number of carbonyl (C=O) groups is 1. The van der Waals surface area contributed by atoms with Crippen LogP contribution < -0.4 is 0 Å². The van der Waals surface area contributed by atoms with Crippen LogP contribution in [0.1, 0.15) is 28.3 Å². The zero-order chi connectivity index (χ0) is 24.8. The van der Waals surface area contributed by atoms with Gasteiger partial charge in [0.1, 0.15) is 0 Å². The molecule has 4 rings (SSSR count). The summed E-state index contributed by atoms with van der Waals surface area (Å²) in [5.41, 5.74) is 2.15. The van der Waals surface area contributed by atoms with E-state index in [1.165, 1.54) is 4.31 Å². The first-order valence-corrected chi connectivity index (χ1v) is 12.0. The molecule has 0 radical (unpaired) electrons. The van der Waals surface area contributed by atoms with Gasteiger partial charge in [0.05, 0.1) is 11.3 Å². The van der Waals surface area contributed by atoms with Gasteiger partial charge in [0.25, 0.3) is 11.6 Å². The maximum absolute atomic E-state index is 13.0. The zero-order valence-electron chi connectivity index (χ0n) is 18.8. The van der Waals surface area contributed by atoms with Gasteiger partial charge in [-0.2, -0.15) is 22.5 Å². The molecule has 0 unspecified atom stereocenters. The Bertz CT molecular complexity index is 1340. The molecule has 0 spiro atoms. The molecule has 1 aliphatic rings. The number of nitrogens with zero attached hydrogens (tertiary/aromatic N) is 6. The van der Waals surface area contributed by atoms with Crippen molar-refractivity contribution < 1.29 is 26.4 Å². The first-order valence-electron chi connectivity index (χ1n) is 10.5. The van der Waals surface area contributed by atoms with Crippen molar-refractivity contribution in [2.24, 2.45) is 0 Å². The summed E-state index contributed by atoms with van der Waals surface area (Å²) in [6, 6.07) is 6.58. The van der Waals surface area contributed by atoms with Gasteiger partial charge in [-0.25, -0.2) is 17.9 Å². The summed E-state index contributed by atoms with van der Waals surface area (Å²) < 4.78 is 67.0. The Morgan fingerprint density at radius 3 is 2.21 bits per heavy atom. The number of halogens is 3. The second kappa shape index (κ2) is 8.62. The summed E-state index contributed by atoms with van der Waals surface area (Å²) in [7, 11) is -3.66. The van der Waals surface area contributed by atoms with Crippen LogP contribution in [0.5, 0.6) is 0 Å². The average Bonchev–Trinajstić information content (AvgIpc) is 3.22. The lowest BCUT2D eigenvalue weighted by Gasteiger charge is -2.34. The van der Waals surface area contributed by atoms with E-state index in [1.54, 1.807) is 43.0 Å². The van der Waals surface area contributed by atoms with E-state index in [1.807, 2.05) is 6.92 Å². The normalized spacial score (nSPS) is 15.8. The highest BCUT2D eigenvalue weighted by Gasteiger charge is 2.37. The van der Waals surface area contributed by atoms with Crippen molar-refractivity contribution in [2.75, 3.05) is 26.2 Å². The molecule has 0 atom stereocenters. The van der Waals surface area contributed by atoms with Gasteiger partial charge >= 0.3 is 6.18 Å². The van der Waals surface area contributed by atoms with Crippen LogP contribution in [-0.4, -0.2) is 69.3 Å². The summed E-state index contributed by atoms with van der Waals surface area (Å²) >= 11 is 0. The van der Waals surface area contributed by atoms with Crippen molar-refractivity contribution in [2.45, 2.75) is 38.3 Å². The lowest BCUT2D eigenvalue weighted by atomic mass is 10.1. The Hall–Kier alpha value is -3.06. The highest BCUT2D eigenvalue weighted by Crippen LogP contribution is 2.27. The molecule has 0 bridgehead atoms. The van der Waals surface area contributed by atoms with Crippen molar-refractivity contribution in [1.82, 2.24) is 28.8 Å². The van der Waals surface area contributed by atoms with Crippen molar-refractivity contribution in [1.29, 1.82) is 0 Å². The summed E-state index contributed by atoms with van der Waals surface area (Å²) in [5, 5.41) is 3.50. The molecule has 1 fully saturated rings. The number of aryl methyl sites for hydroxylation is 3. The number of hydrogen-bond acceptors (Lipinski definition) is 6. The predicted molar refractivity (Wildman–Crippen MR) is 115 cm³/mol. The number of hydrogen-bond donors (Lipinski definition) is 0. The Morgan fingerprint density at radius 1 is 1.00 bits per heavy atom. The number of rotatable bonds is 4. The van der Waals surface area contributed by atoms with Crippen LogP contribution in [0.4, 0.5) is 13.2 Å². The van der Waals surface area contributed by atoms with Crippen LogP contribution in [-0.2, 0) is 27.4 Å². The van der Waals surface area contributed by atoms with Crippen molar-refractivity contribution >= 4 is 21.7 Å². The van der Waals surface area contributed by atoms with Crippen LogP contribution in [0.3, 0.4) is 0 Å². The van der Waals surface area contributed by atoms with E-state index in [-0.39, 0.29) is 49.2 Å². The van der Waals surface area contributed by atoms with Gasteiger partial charge in [-0.1, -0.05) is 17.7 Å².